The molecule has 1 N–H and O–H groups in total. The zero-order valence-corrected chi connectivity index (χ0v) is 12.0. The number of benzene rings is 2. The summed E-state index contributed by atoms with van der Waals surface area (Å²) in [5, 5.41) is 14.1. The van der Waals surface area contributed by atoms with Crippen molar-refractivity contribution in [1.82, 2.24) is 5.32 Å². The fourth-order valence-electron chi connectivity index (χ4n) is 1.90. The lowest BCUT2D eigenvalue weighted by molar-refractivity contribution is -0.384. The molecule has 1 atom stereocenters. The SMILES string of the molecule is CC(NC(=O)c1cccc([N+](=O)[O-])c1)c1cccc(Cl)c1. The van der Waals surface area contributed by atoms with Crippen molar-refractivity contribution in [3.63, 3.8) is 0 Å². The van der Waals surface area contributed by atoms with Gasteiger partial charge in [0.25, 0.3) is 11.6 Å². The number of nitrogens with zero attached hydrogens (tertiary/aromatic N) is 1. The summed E-state index contributed by atoms with van der Waals surface area (Å²) in [6.45, 7) is 1.82. The molecule has 0 saturated carbocycles. The molecular weight excluding hydrogens is 292 g/mol. The zero-order chi connectivity index (χ0) is 15.4. The van der Waals surface area contributed by atoms with E-state index in [0.717, 1.165) is 5.56 Å². The molecular formula is C15H13ClN2O3. The van der Waals surface area contributed by atoms with Crippen LogP contribution in [0.3, 0.4) is 0 Å². The predicted molar refractivity (Wildman–Crippen MR) is 80.4 cm³/mol. The minimum absolute atomic E-state index is 0.113. The maximum Gasteiger partial charge on any atom is 0.270 e. The molecule has 2 aromatic carbocycles. The van der Waals surface area contributed by atoms with Crippen molar-refractivity contribution < 1.29 is 9.72 Å². The van der Waals surface area contributed by atoms with Crippen LogP contribution < -0.4 is 5.32 Å². The van der Waals surface area contributed by atoms with Crippen LogP contribution in [0.1, 0.15) is 28.9 Å². The van der Waals surface area contributed by atoms with Gasteiger partial charge in [-0.2, -0.15) is 0 Å². The molecule has 0 heterocycles. The van der Waals surface area contributed by atoms with Crippen molar-refractivity contribution in [3.8, 4) is 0 Å². The van der Waals surface area contributed by atoms with E-state index in [1.54, 1.807) is 18.2 Å². The fraction of sp³-hybridized carbons (Fsp3) is 0.133. The molecule has 2 aromatic rings. The number of nitro groups is 1. The Labute approximate surface area is 126 Å². The van der Waals surface area contributed by atoms with Crippen LogP contribution >= 0.6 is 11.6 Å². The van der Waals surface area contributed by atoms with Gasteiger partial charge in [-0.3, -0.25) is 14.9 Å². The van der Waals surface area contributed by atoms with Crippen molar-refractivity contribution in [2.75, 3.05) is 0 Å². The first-order valence-corrected chi connectivity index (χ1v) is 6.66. The molecule has 2 rings (SSSR count). The number of non-ortho nitro benzene ring substituents is 1. The van der Waals surface area contributed by atoms with Crippen molar-refractivity contribution in [3.05, 3.63) is 74.8 Å². The second-order valence-corrected chi connectivity index (χ2v) is 4.99. The second kappa shape index (κ2) is 6.37. The van der Waals surface area contributed by atoms with Gasteiger partial charge in [0.15, 0.2) is 0 Å². The Hall–Kier alpha value is -2.40. The molecule has 21 heavy (non-hydrogen) atoms. The van der Waals surface area contributed by atoms with Crippen LogP contribution in [0.5, 0.6) is 0 Å². The molecule has 0 radical (unpaired) electrons. The normalized spacial score (nSPS) is 11.7. The highest BCUT2D eigenvalue weighted by molar-refractivity contribution is 6.30. The van der Waals surface area contributed by atoms with Crippen molar-refractivity contribution in [2.45, 2.75) is 13.0 Å². The summed E-state index contributed by atoms with van der Waals surface area (Å²) in [7, 11) is 0. The summed E-state index contributed by atoms with van der Waals surface area (Å²) in [6, 6.07) is 12.5. The van der Waals surface area contributed by atoms with E-state index in [2.05, 4.69) is 5.32 Å². The number of nitrogens with one attached hydrogen (secondary N) is 1. The fourth-order valence-corrected chi connectivity index (χ4v) is 2.10. The number of halogens is 1. The molecule has 1 amide bonds. The predicted octanol–water partition coefficient (Wildman–Crippen LogP) is 3.74. The van der Waals surface area contributed by atoms with Gasteiger partial charge in [0, 0.05) is 22.7 Å². The summed E-state index contributed by atoms with van der Waals surface area (Å²) < 4.78 is 0. The first kappa shape index (κ1) is 15.0. The zero-order valence-electron chi connectivity index (χ0n) is 11.2. The van der Waals surface area contributed by atoms with Crippen molar-refractivity contribution in [2.24, 2.45) is 0 Å². The molecule has 0 fully saturated rings. The van der Waals surface area contributed by atoms with E-state index in [-0.39, 0.29) is 23.2 Å². The molecule has 0 bridgehead atoms. The van der Waals surface area contributed by atoms with Gasteiger partial charge < -0.3 is 5.32 Å². The van der Waals surface area contributed by atoms with Crippen LogP contribution in [-0.4, -0.2) is 10.8 Å². The Morgan fingerprint density at radius 2 is 1.95 bits per heavy atom. The molecule has 0 aliphatic carbocycles. The van der Waals surface area contributed by atoms with Crippen LogP contribution in [0.4, 0.5) is 5.69 Å². The second-order valence-electron chi connectivity index (χ2n) is 4.56. The molecule has 0 spiro atoms. The van der Waals surface area contributed by atoms with Crippen LogP contribution in [0.15, 0.2) is 48.5 Å². The Balaban J connectivity index is 2.14. The number of hydrogen-bond donors (Lipinski definition) is 1. The van der Waals surface area contributed by atoms with E-state index in [0.29, 0.717) is 5.02 Å². The molecule has 5 nitrogen and oxygen atoms in total. The lowest BCUT2D eigenvalue weighted by Crippen LogP contribution is -2.26. The summed E-state index contributed by atoms with van der Waals surface area (Å²) >= 11 is 5.91. The van der Waals surface area contributed by atoms with E-state index in [1.165, 1.54) is 24.3 Å². The van der Waals surface area contributed by atoms with E-state index >= 15 is 0 Å². The standard InChI is InChI=1S/C15H13ClN2O3/c1-10(11-4-2-6-13(16)8-11)17-15(19)12-5-3-7-14(9-12)18(20)21/h2-10H,1H3,(H,17,19). The topological polar surface area (TPSA) is 72.2 Å². The smallest absolute Gasteiger partial charge is 0.270 e. The van der Waals surface area contributed by atoms with Crippen molar-refractivity contribution >= 4 is 23.2 Å². The number of nitro benzene ring substituents is 1. The highest BCUT2D eigenvalue weighted by Gasteiger charge is 2.14. The summed E-state index contributed by atoms with van der Waals surface area (Å²) in [6.07, 6.45) is 0. The summed E-state index contributed by atoms with van der Waals surface area (Å²) in [5.41, 5.74) is 0.998. The monoisotopic (exact) mass is 304 g/mol. The average Bonchev–Trinajstić information content (AvgIpc) is 2.47. The van der Waals surface area contributed by atoms with Crippen LogP contribution in [0.25, 0.3) is 0 Å². The van der Waals surface area contributed by atoms with Gasteiger partial charge >= 0.3 is 0 Å². The number of rotatable bonds is 4. The third kappa shape index (κ3) is 3.79. The first-order valence-electron chi connectivity index (χ1n) is 6.28. The first-order chi connectivity index (χ1) is 9.97. The van der Waals surface area contributed by atoms with E-state index < -0.39 is 4.92 Å². The van der Waals surface area contributed by atoms with Gasteiger partial charge in [-0.05, 0) is 30.7 Å². The maximum atomic E-state index is 12.1. The molecule has 0 saturated heterocycles. The Morgan fingerprint density at radius 1 is 1.24 bits per heavy atom. The molecule has 0 aliphatic heterocycles. The Bertz CT molecular complexity index is 688. The number of amides is 1. The Morgan fingerprint density at radius 3 is 2.62 bits per heavy atom. The largest absolute Gasteiger partial charge is 0.346 e. The summed E-state index contributed by atoms with van der Waals surface area (Å²) in [5.74, 6) is -0.369. The third-order valence-corrected chi connectivity index (χ3v) is 3.25. The van der Waals surface area contributed by atoms with Gasteiger partial charge in [-0.1, -0.05) is 29.8 Å². The molecule has 6 heteroatoms. The highest BCUT2D eigenvalue weighted by atomic mass is 35.5. The molecule has 0 aliphatic rings. The minimum Gasteiger partial charge on any atom is -0.346 e. The van der Waals surface area contributed by atoms with Crippen LogP contribution in [-0.2, 0) is 0 Å². The van der Waals surface area contributed by atoms with Gasteiger partial charge in [-0.15, -0.1) is 0 Å². The van der Waals surface area contributed by atoms with Gasteiger partial charge in [0.05, 0.1) is 11.0 Å². The van der Waals surface area contributed by atoms with Crippen LogP contribution in [0.2, 0.25) is 5.02 Å². The number of hydrogen-bond acceptors (Lipinski definition) is 3. The number of carbonyl (C=O) groups is 1. The van der Waals surface area contributed by atoms with Gasteiger partial charge in [-0.25, -0.2) is 0 Å². The van der Waals surface area contributed by atoms with Crippen molar-refractivity contribution in [1.29, 1.82) is 0 Å². The van der Waals surface area contributed by atoms with Gasteiger partial charge in [0.2, 0.25) is 0 Å². The van der Waals surface area contributed by atoms with E-state index in [4.69, 9.17) is 11.6 Å². The maximum absolute atomic E-state index is 12.1. The third-order valence-electron chi connectivity index (χ3n) is 3.02. The number of carbonyl (C=O) groups excluding carboxylic acids is 1. The highest BCUT2D eigenvalue weighted by Crippen LogP contribution is 2.19. The molecule has 0 aromatic heterocycles. The minimum atomic E-state index is -0.531. The van der Waals surface area contributed by atoms with Gasteiger partial charge in [0.1, 0.15) is 0 Å². The van der Waals surface area contributed by atoms with Crippen LogP contribution in [0, 0.1) is 10.1 Å². The molecule has 1 unspecified atom stereocenters. The lowest BCUT2D eigenvalue weighted by Gasteiger charge is -2.14. The quantitative estimate of drug-likeness (QED) is 0.691. The lowest BCUT2D eigenvalue weighted by atomic mass is 10.1. The van der Waals surface area contributed by atoms with E-state index in [1.807, 2.05) is 13.0 Å². The Kier molecular flexibility index (Phi) is 4.55. The molecule has 108 valence electrons. The summed E-state index contributed by atoms with van der Waals surface area (Å²) in [4.78, 5) is 22.3. The van der Waals surface area contributed by atoms with E-state index in [9.17, 15) is 14.9 Å². The average molecular weight is 305 g/mol.